The second kappa shape index (κ2) is 11.2. The maximum Gasteiger partial charge on any atom is 0.330 e. The number of benzene rings is 3. The second-order valence-electron chi connectivity index (χ2n) is 10.8. The molecule has 3 aromatic carbocycles. The van der Waals surface area contributed by atoms with Crippen LogP contribution in [0.1, 0.15) is 43.0 Å². The van der Waals surface area contributed by atoms with E-state index in [0.717, 1.165) is 26.2 Å². The van der Waals surface area contributed by atoms with Crippen LogP contribution in [0.25, 0.3) is 0 Å². The fourth-order valence-electron chi connectivity index (χ4n) is 4.73. The van der Waals surface area contributed by atoms with E-state index < -0.39 is 5.41 Å². The number of hydroxylamine groups is 2. The fourth-order valence-corrected chi connectivity index (χ4v) is 4.73. The number of hydrogen-bond donors (Lipinski definition) is 0. The zero-order chi connectivity index (χ0) is 25.7. The van der Waals surface area contributed by atoms with Crippen molar-refractivity contribution in [2.75, 3.05) is 36.0 Å². The van der Waals surface area contributed by atoms with Crippen molar-refractivity contribution in [2.45, 2.75) is 47.7 Å². The van der Waals surface area contributed by atoms with E-state index in [0.29, 0.717) is 13.1 Å². The maximum atomic E-state index is 12.3. The van der Waals surface area contributed by atoms with Gasteiger partial charge in [-0.1, -0.05) is 60.7 Å². The number of piperazine rings is 1. The van der Waals surface area contributed by atoms with Gasteiger partial charge in [-0.3, -0.25) is 0 Å². The molecule has 1 saturated heterocycles. The summed E-state index contributed by atoms with van der Waals surface area (Å²) >= 11 is 0. The molecule has 0 saturated carbocycles. The first-order chi connectivity index (χ1) is 17.2. The van der Waals surface area contributed by atoms with Gasteiger partial charge >= 0.3 is 5.97 Å². The minimum atomic E-state index is -0.493. The molecule has 0 N–H and O–H groups in total. The van der Waals surface area contributed by atoms with Gasteiger partial charge in [-0.25, -0.2) is 4.79 Å². The molecule has 0 spiro atoms. The summed E-state index contributed by atoms with van der Waals surface area (Å²) in [6.07, 6.45) is 0. The summed E-state index contributed by atoms with van der Waals surface area (Å²) in [7, 11) is 0. The van der Waals surface area contributed by atoms with E-state index in [9.17, 15) is 4.79 Å². The Balaban J connectivity index is 1.52. The van der Waals surface area contributed by atoms with Crippen LogP contribution >= 0.6 is 0 Å². The van der Waals surface area contributed by atoms with Crippen LogP contribution in [-0.2, 0) is 22.7 Å². The number of anilines is 2. The summed E-state index contributed by atoms with van der Waals surface area (Å²) < 4.78 is 0. The number of nitrogens with zero attached hydrogens (tertiary/aromatic N) is 3. The normalized spacial score (nSPS) is 14.5. The summed E-state index contributed by atoms with van der Waals surface area (Å²) in [5.41, 5.74) is 7.19. The SMILES string of the molecule is Cc1cc(N2CCN(OC(=O)C(C)(C)C)CC2)cc(C)c1N(Cc1ccccc1)Cc1ccccc1. The van der Waals surface area contributed by atoms with Gasteiger partial charge in [0.05, 0.1) is 18.5 Å². The topological polar surface area (TPSA) is 36.0 Å². The molecule has 3 aromatic rings. The Bertz CT molecular complexity index is 1080. The third-order valence-electron chi connectivity index (χ3n) is 6.65. The van der Waals surface area contributed by atoms with E-state index in [1.807, 2.05) is 20.8 Å². The summed E-state index contributed by atoms with van der Waals surface area (Å²) in [6, 6.07) is 26.0. The highest BCUT2D eigenvalue weighted by Crippen LogP contribution is 2.33. The lowest BCUT2D eigenvalue weighted by molar-refractivity contribution is -0.201. The standard InChI is InChI=1S/C31H39N3O2/c1-24-20-28(32-16-18-34(19-17-32)36-30(35)31(3,4)5)21-25(2)29(24)33(22-26-12-8-6-9-13-26)23-27-14-10-7-11-15-27/h6-15,20-21H,16-19,22-23H2,1-5H3. The molecule has 5 nitrogen and oxygen atoms in total. The average molecular weight is 486 g/mol. The van der Waals surface area contributed by atoms with Gasteiger partial charge in [0.25, 0.3) is 0 Å². The summed E-state index contributed by atoms with van der Waals surface area (Å²) in [6.45, 7) is 14.9. The second-order valence-corrected chi connectivity index (χ2v) is 10.8. The molecule has 5 heteroatoms. The zero-order valence-corrected chi connectivity index (χ0v) is 22.3. The van der Waals surface area contributed by atoms with Gasteiger partial charge in [0, 0.05) is 37.6 Å². The molecular weight excluding hydrogens is 446 g/mol. The third kappa shape index (κ3) is 6.46. The van der Waals surface area contributed by atoms with E-state index in [1.54, 1.807) is 5.06 Å². The third-order valence-corrected chi connectivity index (χ3v) is 6.65. The first kappa shape index (κ1) is 25.8. The van der Waals surface area contributed by atoms with Gasteiger partial charge in [0.1, 0.15) is 0 Å². The lowest BCUT2D eigenvalue weighted by atomic mass is 9.98. The Labute approximate surface area is 216 Å². The Morgan fingerprint density at radius 3 is 1.72 bits per heavy atom. The van der Waals surface area contributed by atoms with E-state index in [4.69, 9.17) is 4.84 Å². The van der Waals surface area contributed by atoms with Gasteiger partial charge in [0.2, 0.25) is 0 Å². The highest BCUT2D eigenvalue weighted by molar-refractivity contribution is 5.75. The number of carbonyl (C=O) groups excluding carboxylic acids is 1. The fraction of sp³-hybridized carbons (Fsp3) is 0.387. The van der Waals surface area contributed by atoms with Gasteiger partial charge in [-0.05, 0) is 69.0 Å². The predicted octanol–water partition coefficient (Wildman–Crippen LogP) is 6.14. The van der Waals surface area contributed by atoms with Crippen LogP contribution < -0.4 is 9.80 Å². The van der Waals surface area contributed by atoms with Crippen LogP contribution in [0.3, 0.4) is 0 Å². The van der Waals surface area contributed by atoms with Crippen molar-refractivity contribution in [1.82, 2.24) is 5.06 Å². The number of hydrogen-bond acceptors (Lipinski definition) is 5. The Kier molecular flexibility index (Phi) is 8.00. The predicted molar refractivity (Wildman–Crippen MR) is 148 cm³/mol. The number of aryl methyl sites for hydroxylation is 2. The van der Waals surface area contributed by atoms with Crippen LogP contribution in [0.2, 0.25) is 0 Å². The van der Waals surface area contributed by atoms with Crippen LogP contribution in [0.15, 0.2) is 72.8 Å². The van der Waals surface area contributed by atoms with Crippen molar-refractivity contribution in [1.29, 1.82) is 0 Å². The molecule has 0 aliphatic carbocycles. The smallest absolute Gasteiger partial charge is 0.330 e. The molecule has 0 aromatic heterocycles. The lowest BCUT2D eigenvalue weighted by Gasteiger charge is -2.36. The summed E-state index contributed by atoms with van der Waals surface area (Å²) in [4.78, 5) is 22.7. The first-order valence-electron chi connectivity index (χ1n) is 12.9. The Morgan fingerprint density at radius 2 is 1.28 bits per heavy atom. The van der Waals surface area contributed by atoms with E-state index in [2.05, 4.69) is 96.4 Å². The Morgan fingerprint density at radius 1 is 0.806 bits per heavy atom. The van der Waals surface area contributed by atoms with Crippen LogP contribution in [0.4, 0.5) is 11.4 Å². The average Bonchev–Trinajstić information content (AvgIpc) is 2.84. The molecule has 0 bridgehead atoms. The van der Waals surface area contributed by atoms with Gasteiger partial charge in [-0.2, -0.15) is 0 Å². The number of carbonyl (C=O) groups is 1. The summed E-state index contributed by atoms with van der Waals surface area (Å²) in [5, 5.41) is 1.81. The highest BCUT2D eigenvalue weighted by Gasteiger charge is 2.28. The van der Waals surface area contributed by atoms with E-state index in [1.165, 1.54) is 33.6 Å². The molecule has 1 aliphatic rings. The molecule has 1 heterocycles. The van der Waals surface area contributed by atoms with Crippen molar-refractivity contribution >= 4 is 17.3 Å². The minimum Gasteiger partial charge on any atom is -0.369 e. The molecule has 1 aliphatic heterocycles. The van der Waals surface area contributed by atoms with Crippen molar-refractivity contribution in [3.8, 4) is 0 Å². The van der Waals surface area contributed by atoms with Crippen LogP contribution in [0, 0.1) is 19.3 Å². The molecule has 0 atom stereocenters. The minimum absolute atomic E-state index is 0.177. The van der Waals surface area contributed by atoms with Gasteiger partial charge in [-0.15, -0.1) is 5.06 Å². The highest BCUT2D eigenvalue weighted by atomic mass is 16.7. The van der Waals surface area contributed by atoms with Crippen molar-refractivity contribution in [2.24, 2.45) is 5.41 Å². The monoisotopic (exact) mass is 485 g/mol. The molecule has 0 amide bonds. The molecule has 36 heavy (non-hydrogen) atoms. The summed E-state index contributed by atoms with van der Waals surface area (Å²) in [5.74, 6) is -0.177. The van der Waals surface area contributed by atoms with E-state index >= 15 is 0 Å². The molecule has 1 fully saturated rings. The first-order valence-corrected chi connectivity index (χ1v) is 12.9. The molecule has 190 valence electrons. The maximum absolute atomic E-state index is 12.3. The molecule has 0 unspecified atom stereocenters. The van der Waals surface area contributed by atoms with Crippen LogP contribution in [0.5, 0.6) is 0 Å². The quantitative estimate of drug-likeness (QED) is 0.402. The largest absolute Gasteiger partial charge is 0.369 e. The van der Waals surface area contributed by atoms with Crippen molar-refractivity contribution in [3.05, 3.63) is 95.1 Å². The lowest BCUT2D eigenvalue weighted by Crippen LogP contribution is -2.48. The number of rotatable bonds is 7. The van der Waals surface area contributed by atoms with Gasteiger partial charge in [0.15, 0.2) is 0 Å². The molecule has 4 rings (SSSR count). The van der Waals surface area contributed by atoms with Crippen molar-refractivity contribution < 1.29 is 9.63 Å². The Hall–Kier alpha value is -3.31. The van der Waals surface area contributed by atoms with E-state index in [-0.39, 0.29) is 5.97 Å². The molecule has 0 radical (unpaired) electrons. The van der Waals surface area contributed by atoms with Crippen molar-refractivity contribution in [3.63, 3.8) is 0 Å². The molecular formula is C31H39N3O2. The van der Waals surface area contributed by atoms with Gasteiger partial charge < -0.3 is 14.6 Å². The zero-order valence-electron chi connectivity index (χ0n) is 22.3. The van der Waals surface area contributed by atoms with Crippen LogP contribution in [-0.4, -0.2) is 37.2 Å².